The van der Waals surface area contributed by atoms with Crippen molar-refractivity contribution in [1.82, 2.24) is 0 Å². The van der Waals surface area contributed by atoms with Gasteiger partial charge in [-0.3, -0.25) is 0 Å². The van der Waals surface area contributed by atoms with Crippen molar-refractivity contribution in [1.29, 1.82) is 0 Å². The van der Waals surface area contributed by atoms with E-state index < -0.39 is 16.6 Å². The lowest BCUT2D eigenvalue weighted by molar-refractivity contribution is -0.117. The molecule has 4 rings (SSSR count). The van der Waals surface area contributed by atoms with Crippen molar-refractivity contribution in [3.63, 3.8) is 0 Å². The molecule has 52 heavy (non-hydrogen) atoms. The Bertz CT molecular complexity index is 1450. The zero-order chi connectivity index (χ0) is 38.8. The van der Waals surface area contributed by atoms with Crippen LogP contribution in [-0.2, 0) is 18.3 Å². The van der Waals surface area contributed by atoms with Crippen LogP contribution in [0.3, 0.4) is 0 Å². The Balaban J connectivity index is 1.61. The van der Waals surface area contributed by atoms with Crippen LogP contribution in [-0.4, -0.2) is 48.3 Å². The first-order valence-electron chi connectivity index (χ1n) is 20.3. The van der Waals surface area contributed by atoms with Gasteiger partial charge in [-0.1, -0.05) is 115 Å². The van der Waals surface area contributed by atoms with E-state index in [-0.39, 0.29) is 33.3 Å². The predicted molar refractivity (Wildman–Crippen MR) is 227 cm³/mol. The van der Waals surface area contributed by atoms with Crippen LogP contribution >= 0.6 is 0 Å². The first-order valence-corrected chi connectivity index (χ1v) is 26.2. The second-order valence-electron chi connectivity index (χ2n) is 20.2. The molecule has 0 N–H and O–H groups in total. The van der Waals surface area contributed by atoms with Crippen LogP contribution < -0.4 is 0 Å². The molecule has 6 heteroatoms. The highest BCUT2D eigenvalue weighted by atomic mass is 28.4. The fourth-order valence-electron chi connectivity index (χ4n) is 8.37. The minimum absolute atomic E-state index is 0.00179. The lowest BCUT2D eigenvalue weighted by atomic mass is 9.61. The zero-order valence-electron chi connectivity index (χ0n) is 35.8. The summed E-state index contributed by atoms with van der Waals surface area (Å²) in [5, 5.41) is 0.298. The molecule has 3 aliphatic rings. The van der Waals surface area contributed by atoms with E-state index in [2.05, 4.69) is 137 Å². The van der Waals surface area contributed by atoms with Crippen molar-refractivity contribution in [3.05, 3.63) is 83.0 Å². The highest BCUT2D eigenvalue weighted by Gasteiger charge is 2.48. The molecule has 0 bridgehead atoms. The van der Waals surface area contributed by atoms with Gasteiger partial charge in [0.15, 0.2) is 16.6 Å². The predicted octanol–water partition coefficient (Wildman–Crippen LogP) is 13.5. The lowest BCUT2D eigenvalue weighted by Gasteiger charge is -2.45. The largest absolute Gasteiger partial charge is 0.413 e. The first kappa shape index (κ1) is 43.2. The van der Waals surface area contributed by atoms with Gasteiger partial charge in [0.05, 0.1) is 17.8 Å². The Morgan fingerprint density at radius 2 is 1.56 bits per heavy atom. The number of hydrogen-bond acceptors (Lipinski definition) is 4. The molecule has 0 saturated heterocycles. The molecule has 0 heterocycles. The number of benzene rings is 1. The van der Waals surface area contributed by atoms with Crippen LogP contribution in [0, 0.1) is 11.3 Å². The highest BCUT2D eigenvalue weighted by molar-refractivity contribution is 6.74. The molecule has 1 aromatic rings. The summed E-state index contributed by atoms with van der Waals surface area (Å²) < 4.78 is 25.5. The summed E-state index contributed by atoms with van der Waals surface area (Å²) in [5.41, 5.74) is 7.17. The molecular weight excluding hydrogens is 673 g/mol. The van der Waals surface area contributed by atoms with Crippen LogP contribution in [0.5, 0.6) is 0 Å². The maximum atomic E-state index is 7.14. The number of methoxy groups -OCH3 is 1. The lowest BCUT2D eigenvalue weighted by Crippen LogP contribution is -2.49. The Morgan fingerprint density at radius 1 is 0.923 bits per heavy atom. The normalized spacial score (nSPS) is 27.2. The van der Waals surface area contributed by atoms with Gasteiger partial charge in [-0.05, 0) is 130 Å². The van der Waals surface area contributed by atoms with Crippen molar-refractivity contribution in [2.45, 2.75) is 180 Å². The Labute approximate surface area is 322 Å². The minimum atomic E-state index is -2.01. The van der Waals surface area contributed by atoms with E-state index >= 15 is 0 Å². The van der Waals surface area contributed by atoms with E-state index in [1.807, 2.05) is 0 Å². The van der Waals surface area contributed by atoms with Crippen molar-refractivity contribution >= 4 is 16.6 Å². The van der Waals surface area contributed by atoms with Crippen molar-refractivity contribution in [2.24, 2.45) is 11.3 Å². The number of allylic oxidation sites excluding steroid dienone is 5. The maximum Gasteiger partial charge on any atom is 0.192 e. The van der Waals surface area contributed by atoms with Crippen molar-refractivity contribution < 1.29 is 18.3 Å². The van der Waals surface area contributed by atoms with E-state index in [0.717, 1.165) is 38.5 Å². The smallest absolute Gasteiger partial charge is 0.192 e. The number of fused-ring (bicyclic) bond motifs is 1. The quantitative estimate of drug-likeness (QED) is 0.108. The summed E-state index contributed by atoms with van der Waals surface area (Å²) in [7, 11) is -2.28. The van der Waals surface area contributed by atoms with Crippen molar-refractivity contribution in [3.8, 4) is 0 Å². The summed E-state index contributed by atoms with van der Waals surface area (Å²) in [5.74, 6) is 0.961. The molecule has 0 aromatic heterocycles. The van der Waals surface area contributed by atoms with Gasteiger partial charge in [0, 0.05) is 19.4 Å². The molecular formula is C46H76O4Si2. The zero-order valence-corrected chi connectivity index (χ0v) is 37.8. The van der Waals surface area contributed by atoms with Gasteiger partial charge in [-0.25, -0.2) is 0 Å². The molecule has 292 valence electrons. The van der Waals surface area contributed by atoms with Gasteiger partial charge >= 0.3 is 0 Å². The summed E-state index contributed by atoms with van der Waals surface area (Å²) >= 11 is 0. The number of hydrogen-bond donors (Lipinski definition) is 0. The van der Waals surface area contributed by atoms with Crippen LogP contribution in [0.25, 0.3) is 0 Å². The molecule has 2 saturated carbocycles. The first-order chi connectivity index (χ1) is 24.0. The van der Waals surface area contributed by atoms with Gasteiger partial charge in [0.2, 0.25) is 0 Å². The van der Waals surface area contributed by atoms with Crippen molar-refractivity contribution in [2.75, 3.05) is 13.9 Å². The fraction of sp³-hybridized carbons (Fsp3) is 0.696. The summed E-state index contributed by atoms with van der Waals surface area (Å²) in [6.45, 7) is 35.6. The summed E-state index contributed by atoms with van der Waals surface area (Å²) in [6, 6.07) is 11.3. The molecule has 2 fully saturated rings. The molecule has 5 atom stereocenters. The maximum absolute atomic E-state index is 7.14. The third kappa shape index (κ3) is 10.2. The number of rotatable bonds is 14. The monoisotopic (exact) mass is 749 g/mol. The van der Waals surface area contributed by atoms with Crippen LogP contribution in [0.1, 0.15) is 132 Å². The second kappa shape index (κ2) is 16.7. The average molecular weight is 749 g/mol. The Hall–Kier alpha value is -1.55. The number of ether oxygens (including phenoxy) is 2. The SMILES string of the molecule is C=C1/C(=C\C=C2/CCC[C@]3(C)C([C@H](CCCC(C)(C)OCOC)c4ccccc4)=CC[C@@H]23)C[C@@H](O[Si](C)(C)C(C)(C)C)C[C@@H]1O[Si](C)(C)C(C)(C)C. The van der Waals surface area contributed by atoms with Crippen LogP contribution in [0.4, 0.5) is 0 Å². The Kier molecular flexibility index (Phi) is 13.8. The second-order valence-corrected chi connectivity index (χ2v) is 29.7. The molecule has 0 spiro atoms. The summed E-state index contributed by atoms with van der Waals surface area (Å²) in [6.07, 6.45) is 17.6. The molecule has 0 amide bonds. The Morgan fingerprint density at radius 3 is 2.17 bits per heavy atom. The molecule has 3 aliphatic carbocycles. The van der Waals surface area contributed by atoms with E-state index in [1.54, 1.807) is 18.3 Å². The van der Waals surface area contributed by atoms with Gasteiger partial charge in [-0.15, -0.1) is 0 Å². The average Bonchev–Trinajstić information content (AvgIpc) is 3.39. The minimum Gasteiger partial charge on any atom is -0.413 e. The highest BCUT2D eigenvalue weighted by Crippen LogP contribution is 2.59. The summed E-state index contributed by atoms with van der Waals surface area (Å²) in [4.78, 5) is 0. The van der Waals surface area contributed by atoms with Crippen LogP contribution in [0.15, 0.2) is 77.4 Å². The molecule has 0 aliphatic heterocycles. The molecule has 1 aromatic carbocycles. The molecule has 4 nitrogen and oxygen atoms in total. The third-order valence-corrected chi connectivity index (χ3v) is 22.8. The van der Waals surface area contributed by atoms with Gasteiger partial charge in [-0.2, -0.15) is 0 Å². The molecule has 0 unspecified atom stereocenters. The topological polar surface area (TPSA) is 36.9 Å². The van der Waals surface area contributed by atoms with Gasteiger partial charge in [0.1, 0.15) is 6.79 Å². The van der Waals surface area contributed by atoms with E-state index in [0.29, 0.717) is 18.6 Å². The van der Waals surface area contributed by atoms with E-state index in [9.17, 15) is 0 Å². The van der Waals surface area contributed by atoms with E-state index in [4.69, 9.17) is 24.9 Å². The van der Waals surface area contributed by atoms with Gasteiger partial charge in [0.25, 0.3) is 0 Å². The standard InChI is InChI=1S/C46H76O4Si2/c1-34-37(31-38(49-51(12,13)43(2,3)4)32-42(34)50-52(14,15)44(5,6)7)26-25-36-23-19-30-46(10)40(36)27-28-41(46)39(35-21-17-16-18-22-35)24-20-29-45(8,9)48-33-47-11/h16-18,21-22,25-26,28,38-40,42H,1,19-20,23-24,27,29-33H2,2-15H3/b36-25+,37-26-/t38-,39-,40+,42+,46+/m1/s1. The third-order valence-electron chi connectivity index (χ3n) is 13.8. The van der Waals surface area contributed by atoms with Crippen LogP contribution in [0.2, 0.25) is 36.3 Å². The van der Waals surface area contributed by atoms with E-state index in [1.165, 1.54) is 36.0 Å². The fourth-order valence-corrected chi connectivity index (χ4v) is 11.0. The molecule has 0 radical (unpaired) electrons. The van der Waals surface area contributed by atoms with Gasteiger partial charge < -0.3 is 18.3 Å².